The summed E-state index contributed by atoms with van der Waals surface area (Å²) in [5.41, 5.74) is 8.69. The van der Waals surface area contributed by atoms with Gasteiger partial charge in [0.15, 0.2) is 0 Å². The molecule has 0 fully saturated rings. The van der Waals surface area contributed by atoms with Crippen LogP contribution in [0.5, 0.6) is 0 Å². The fourth-order valence-corrected chi connectivity index (χ4v) is 2.27. The molecule has 0 heterocycles. The summed E-state index contributed by atoms with van der Waals surface area (Å²) in [6, 6.07) is 4.28. The third kappa shape index (κ3) is 3.00. The van der Waals surface area contributed by atoms with E-state index in [1.54, 1.807) is 0 Å². The van der Waals surface area contributed by atoms with Crippen molar-refractivity contribution in [3.63, 3.8) is 0 Å². The molecule has 0 amide bonds. The lowest BCUT2D eigenvalue weighted by molar-refractivity contribution is -0.148. The maximum Gasteiger partial charge on any atom is 0.403 e. The van der Waals surface area contributed by atoms with E-state index >= 15 is 0 Å². The Bertz CT molecular complexity index is 398. The first-order chi connectivity index (χ1) is 7.97. The lowest BCUT2D eigenvalue weighted by Crippen LogP contribution is -2.37. The smallest absolute Gasteiger partial charge is 0.320 e. The molecule has 1 unspecified atom stereocenters. The van der Waals surface area contributed by atoms with E-state index in [0.717, 1.165) is 24.8 Å². The summed E-state index contributed by atoms with van der Waals surface area (Å²) in [5, 5.41) is 0. The first-order valence-corrected chi connectivity index (χ1v) is 5.90. The summed E-state index contributed by atoms with van der Waals surface area (Å²) in [7, 11) is 0. The van der Waals surface area contributed by atoms with Gasteiger partial charge in [0, 0.05) is 0 Å². The van der Waals surface area contributed by atoms with Crippen LogP contribution in [0.3, 0.4) is 0 Å². The van der Waals surface area contributed by atoms with Crippen LogP contribution in [0.25, 0.3) is 0 Å². The number of fused-ring (bicyclic) bond motifs is 1. The lowest BCUT2D eigenvalue weighted by Gasteiger charge is -2.15. The van der Waals surface area contributed by atoms with Crippen LogP contribution in [0.1, 0.15) is 29.5 Å². The Labute approximate surface area is 98.8 Å². The van der Waals surface area contributed by atoms with E-state index in [0.29, 0.717) is 6.42 Å². The third-order valence-corrected chi connectivity index (χ3v) is 3.33. The second kappa shape index (κ2) is 4.69. The largest absolute Gasteiger partial charge is 0.403 e. The van der Waals surface area contributed by atoms with E-state index in [1.165, 1.54) is 11.1 Å². The first kappa shape index (κ1) is 12.4. The minimum Gasteiger partial charge on any atom is -0.320 e. The number of aryl methyl sites for hydroxylation is 3. The van der Waals surface area contributed by atoms with Gasteiger partial charge in [0.2, 0.25) is 0 Å². The Balaban J connectivity index is 1.96. The van der Waals surface area contributed by atoms with Gasteiger partial charge in [-0.1, -0.05) is 18.2 Å². The Hall–Kier alpha value is -1.03. The van der Waals surface area contributed by atoms with Crippen molar-refractivity contribution >= 4 is 0 Å². The van der Waals surface area contributed by atoms with Gasteiger partial charge in [0.25, 0.3) is 0 Å². The summed E-state index contributed by atoms with van der Waals surface area (Å²) in [6.45, 7) is 0. The lowest BCUT2D eigenvalue weighted by atomic mass is 10.0. The van der Waals surface area contributed by atoms with Crippen LogP contribution in [-0.2, 0) is 19.3 Å². The molecule has 4 heteroatoms. The highest BCUT2D eigenvalue weighted by Crippen LogP contribution is 2.25. The van der Waals surface area contributed by atoms with Gasteiger partial charge in [-0.3, -0.25) is 0 Å². The zero-order valence-electron chi connectivity index (χ0n) is 9.56. The second-order valence-electron chi connectivity index (χ2n) is 4.64. The van der Waals surface area contributed by atoms with E-state index in [4.69, 9.17) is 5.73 Å². The summed E-state index contributed by atoms with van der Waals surface area (Å²) in [4.78, 5) is 0. The molecule has 2 rings (SSSR count). The molecule has 1 aromatic rings. The summed E-state index contributed by atoms with van der Waals surface area (Å²) in [6.07, 6.45) is -0.625. The molecular weight excluding hydrogens is 227 g/mol. The van der Waals surface area contributed by atoms with Crippen LogP contribution in [-0.4, -0.2) is 12.2 Å². The van der Waals surface area contributed by atoms with Gasteiger partial charge in [-0.15, -0.1) is 0 Å². The summed E-state index contributed by atoms with van der Waals surface area (Å²) >= 11 is 0. The van der Waals surface area contributed by atoms with Gasteiger partial charge >= 0.3 is 6.18 Å². The highest BCUT2D eigenvalue weighted by molar-refractivity contribution is 5.35. The molecule has 0 spiro atoms. The Morgan fingerprint density at radius 1 is 1.18 bits per heavy atom. The minimum atomic E-state index is -4.28. The summed E-state index contributed by atoms with van der Waals surface area (Å²) in [5.74, 6) is 0. The number of halogens is 3. The number of nitrogens with two attached hydrogens (primary N) is 1. The molecular formula is C13H16F3N. The fourth-order valence-electron chi connectivity index (χ4n) is 2.27. The number of benzene rings is 1. The van der Waals surface area contributed by atoms with Gasteiger partial charge < -0.3 is 5.73 Å². The first-order valence-electron chi connectivity index (χ1n) is 5.90. The molecule has 1 atom stereocenters. The van der Waals surface area contributed by atoms with Crippen molar-refractivity contribution in [3.05, 3.63) is 34.9 Å². The maximum atomic E-state index is 12.2. The Kier molecular flexibility index (Phi) is 3.43. The van der Waals surface area contributed by atoms with Gasteiger partial charge in [-0.2, -0.15) is 13.2 Å². The van der Waals surface area contributed by atoms with Crippen LogP contribution >= 0.6 is 0 Å². The summed E-state index contributed by atoms with van der Waals surface area (Å²) < 4.78 is 36.7. The van der Waals surface area contributed by atoms with Crippen molar-refractivity contribution in [1.29, 1.82) is 0 Å². The predicted octanol–water partition coefficient (Wildman–Crippen LogP) is 3.00. The molecule has 94 valence electrons. The predicted molar refractivity (Wildman–Crippen MR) is 60.8 cm³/mol. The minimum absolute atomic E-state index is 0.0394. The van der Waals surface area contributed by atoms with E-state index in [9.17, 15) is 13.2 Å². The average molecular weight is 243 g/mol. The monoisotopic (exact) mass is 243 g/mol. The molecule has 0 aromatic heterocycles. The van der Waals surface area contributed by atoms with Gasteiger partial charge in [0.05, 0.1) is 0 Å². The molecule has 0 aliphatic heterocycles. The van der Waals surface area contributed by atoms with Crippen molar-refractivity contribution in [2.75, 3.05) is 0 Å². The van der Waals surface area contributed by atoms with E-state index in [2.05, 4.69) is 0 Å². The molecule has 2 N–H and O–H groups in total. The van der Waals surface area contributed by atoms with Crippen LogP contribution < -0.4 is 5.73 Å². The van der Waals surface area contributed by atoms with E-state index < -0.39 is 12.2 Å². The maximum absolute atomic E-state index is 12.2. The number of hydrogen-bond donors (Lipinski definition) is 1. The van der Waals surface area contributed by atoms with E-state index in [1.807, 2.05) is 18.2 Å². The fraction of sp³-hybridized carbons (Fsp3) is 0.538. The number of rotatable bonds is 3. The highest BCUT2D eigenvalue weighted by Gasteiger charge is 2.35. The molecule has 0 bridgehead atoms. The topological polar surface area (TPSA) is 26.0 Å². The molecule has 0 saturated heterocycles. The van der Waals surface area contributed by atoms with Crippen LogP contribution in [0.2, 0.25) is 0 Å². The third-order valence-electron chi connectivity index (χ3n) is 3.33. The normalized spacial score (nSPS) is 16.9. The van der Waals surface area contributed by atoms with Gasteiger partial charge in [-0.05, 0) is 48.8 Å². The molecule has 0 radical (unpaired) electrons. The van der Waals surface area contributed by atoms with Gasteiger partial charge in [0.1, 0.15) is 6.04 Å². The SMILES string of the molecule is NC(CCc1ccc2c(c1)CCC2)C(F)(F)F. The average Bonchev–Trinajstić information content (AvgIpc) is 2.71. The van der Waals surface area contributed by atoms with Crippen molar-refractivity contribution in [1.82, 2.24) is 0 Å². The number of alkyl halides is 3. The van der Waals surface area contributed by atoms with Crippen LogP contribution in [0.4, 0.5) is 13.2 Å². The van der Waals surface area contributed by atoms with Crippen LogP contribution in [0, 0.1) is 0 Å². The molecule has 1 nitrogen and oxygen atoms in total. The number of hydrogen-bond acceptors (Lipinski definition) is 1. The molecule has 1 aliphatic carbocycles. The Morgan fingerprint density at radius 2 is 1.88 bits per heavy atom. The van der Waals surface area contributed by atoms with Crippen molar-refractivity contribution in [2.45, 2.75) is 44.3 Å². The standard InChI is InChI=1S/C13H16F3N/c14-13(15,16)12(17)7-5-9-4-6-10-2-1-3-11(10)8-9/h4,6,8,12H,1-3,5,7,17H2. The molecule has 1 aromatic carbocycles. The van der Waals surface area contributed by atoms with Crippen molar-refractivity contribution in [3.8, 4) is 0 Å². The van der Waals surface area contributed by atoms with Crippen LogP contribution in [0.15, 0.2) is 18.2 Å². The van der Waals surface area contributed by atoms with Crippen molar-refractivity contribution < 1.29 is 13.2 Å². The molecule has 0 saturated carbocycles. The Morgan fingerprint density at radius 3 is 2.59 bits per heavy atom. The van der Waals surface area contributed by atoms with Crippen molar-refractivity contribution in [2.24, 2.45) is 5.73 Å². The van der Waals surface area contributed by atoms with E-state index in [-0.39, 0.29) is 6.42 Å². The zero-order chi connectivity index (χ0) is 12.5. The zero-order valence-corrected chi connectivity index (χ0v) is 9.56. The molecule has 17 heavy (non-hydrogen) atoms. The quantitative estimate of drug-likeness (QED) is 0.867. The highest BCUT2D eigenvalue weighted by atomic mass is 19.4. The second-order valence-corrected chi connectivity index (χ2v) is 4.64. The molecule has 1 aliphatic rings. The van der Waals surface area contributed by atoms with Gasteiger partial charge in [-0.25, -0.2) is 0 Å².